The van der Waals surface area contributed by atoms with Gasteiger partial charge in [0.05, 0.1) is 25.8 Å². The van der Waals surface area contributed by atoms with Gasteiger partial charge in [-0.3, -0.25) is 4.84 Å². The first-order valence-corrected chi connectivity index (χ1v) is 5.31. The van der Waals surface area contributed by atoms with Gasteiger partial charge in [0.1, 0.15) is 0 Å². The Morgan fingerprint density at radius 3 is 2.38 bits per heavy atom. The number of methoxy groups -OCH3 is 2. The molecule has 0 fully saturated rings. The number of benzene rings is 1. The molecule has 0 amide bonds. The van der Waals surface area contributed by atoms with E-state index in [2.05, 4.69) is 4.84 Å². The number of rotatable bonds is 5. The number of hydrogen-bond donors (Lipinski definition) is 1. The molecule has 0 bridgehead atoms. The van der Waals surface area contributed by atoms with E-state index in [1.807, 2.05) is 6.92 Å². The predicted molar refractivity (Wildman–Crippen MR) is 62.9 cm³/mol. The van der Waals surface area contributed by atoms with E-state index < -0.39 is 0 Å². The van der Waals surface area contributed by atoms with Gasteiger partial charge in [-0.2, -0.15) is 0 Å². The van der Waals surface area contributed by atoms with Crippen LogP contribution in [0.25, 0.3) is 0 Å². The lowest BCUT2D eigenvalue weighted by Crippen LogP contribution is -2.05. The van der Waals surface area contributed by atoms with Crippen molar-refractivity contribution in [2.75, 3.05) is 14.2 Å². The third kappa shape index (κ3) is 2.40. The predicted octanol–water partition coefficient (Wildman–Crippen LogP) is 2.31. The van der Waals surface area contributed by atoms with Crippen molar-refractivity contribution < 1.29 is 14.3 Å². The van der Waals surface area contributed by atoms with Gasteiger partial charge in [-0.1, -0.05) is 18.5 Å². The number of ether oxygens (including phenoxy) is 2. The van der Waals surface area contributed by atoms with Crippen LogP contribution in [-0.2, 0) is 17.9 Å². The smallest absolute Gasteiger partial charge is 0.164 e. The Bertz CT molecular complexity index is 369. The molecule has 0 saturated heterocycles. The van der Waals surface area contributed by atoms with Crippen LogP contribution >= 0.6 is 11.6 Å². The molecule has 90 valence electrons. The highest BCUT2D eigenvalue weighted by Crippen LogP contribution is 2.38. The molecule has 0 aliphatic heterocycles. The fourth-order valence-electron chi connectivity index (χ4n) is 1.69. The third-order valence-electron chi connectivity index (χ3n) is 2.41. The van der Waals surface area contributed by atoms with Gasteiger partial charge in [0.15, 0.2) is 11.5 Å². The Labute approximate surface area is 100 Å². The van der Waals surface area contributed by atoms with Crippen LogP contribution in [-0.4, -0.2) is 14.2 Å². The van der Waals surface area contributed by atoms with Gasteiger partial charge in [-0.25, -0.2) is 5.90 Å². The Balaban J connectivity index is 3.38. The van der Waals surface area contributed by atoms with E-state index in [1.54, 1.807) is 20.3 Å². The molecule has 0 atom stereocenters. The molecule has 4 nitrogen and oxygen atoms in total. The standard InChI is InChI=1S/C11H16ClNO3/c1-4-7-8(6-16-13)9(12)5-10(14-2)11(7)15-3/h5H,4,6,13H2,1-3H3. The molecule has 0 aliphatic rings. The van der Waals surface area contributed by atoms with Gasteiger partial charge in [-0.15, -0.1) is 0 Å². The van der Waals surface area contributed by atoms with Crippen molar-refractivity contribution in [3.63, 3.8) is 0 Å². The van der Waals surface area contributed by atoms with E-state index in [4.69, 9.17) is 27.0 Å². The third-order valence-corrected chi connectivity index (χ3v) is 2.75. The molecular weight excluding hydrogens is 230 g/mol. The summed E-state index contributed by atoms with van der Waals surface area (Å²) in [6.07, 6.45) is 0.763. The van der Waals surface area contributed by atoms with Gasteiger partial charge in [0.2, 0.25) is 0 Å². The van der Waals surface area contributed by atoms with Crippen LogP contribution in [0.5, 0.6) is 11.5 Å². The summed E-state index contributed by atoms with van der Waals surface area (Å²) in [6.45, 7) is 2.26. The summed E-state index contributed by atoms with van der Waals surface area (Å²) in [7, 11) is 3.17. The maximum Gasteiger partial charge on any atom is 0.164 e. The fourth-order valence-corrected chi connectivity index (χ4v) is 1.95. The van der Waals surface area contributed by atoms with E-state index in [1.165, 1.54) is 0 Å². The molecule has 0 unspecified atom stereocenters. The molecule has 16 heavy (non-hydrogen) atoms. The molecule has 0 aliphatic carbocycles. The topological polar surface area (TPSA) is 53.7 Å². The minimum atomic E-state index is 0.252. The van der Waals surface area contributed by atoms with Crippen molar-refractivity contribution in [1.29, 1.82) is 0 Å². The maximum atomic E-state index is 6.13. The van der Waals surface area contributed by atoms with E-state index >= 15 is 0 Å². The van der Waals surface area contributed by atoms with Crippen LogP contribution < -0.4 is 15.4 Å². The van der Waals surface area contributed by atoms with Gasteiger partial charge >= 0.3 is 0 Å². The molecule has 0 heterocycles. The van der Waals surface area contributed by atoms with Crippen LogP contribution in [0.1, 0.15) is 18.1 Å². The highest BCUT2D eigenvalue weighted by atomic mass is 35.5. The maximum absolute atomic E-state index is 6.13. The van der Waals surface area contributed by atoms with Gasteiger partial charge in [0, 0.05) is 17.2 Å². The van der Waals surface area contributed by atoms with Gasteiger partial charge in [0.25, 0.3) is 0 Å². The summed E-state index contributed by atoms with van der Waals surface area (Å²) < 4.78 is 10.5. The van der Waals surface area contributed by atoms with E-state index in [-0.39, 0.29) is 6.61 Å². The second kappa shape index (κ2) is 5.94. The van der Waals surface area contributed by atoms with Crippen molar-refractivity contribution in [3.8, 4) is 11.5 Å². The molecule has 0 saturated carbocycles. The molecule has 1 rings (SSSR count). The molecule has 2 N–H and O–H groups in total. The number of halogens is 1. The van der Waals surface area contributed by atoms with Crippen LogP contribution in [0.3, 0.4) is 0 Å². The van der Waals surface area contributed by atoms with Gasteiger partial charge in [-0.05, 0) is 6.42 Å². The van der Waals surface area contributed by atoms with Crippen LogP contribution in [0, 0.1) is 0 Å². The minimum Gasteiger partial charge on any atom is -0.493 e. The molecule has 0 aromatic heterocycles. The van der Waals surface area contributed by atoms with E-state index in [0.717, 1.165) is 17.5 Å². The molecule has 1 aromatic carbocycles. The van der Waals surface area contributed by atoms with Crippen molar-refractivity contribution in [2.45, 2.75) is 20.0 Å². The van der Waals surface area contributed by atoms with Crippen LogP contribution in [0.15, 0.2) is 6.07 Å². The molecule has 1 aromatic rings. The van der Waals surface area contributed by atoms with Gasteiger partial charge < -0.3 is 9.47 Å². The fraction of sp³-hybridized carbons (Fsp3) is 0.455. The second-order valence-corrected chi connectivity index (χ2v) is 3.62. The Morgan fingerprint density at radius 1 is 1.25 bits per heavy atom. The SMILES string of the molecule is CCc1c(CON)c(Cl)cc(OC)c1OC. The lowest BCUT2D eigenvalue weighted by Gasteiger charge is -2.16. The normalized spacial score (nSPS) is 10.3. The quantitative estimate of drug-likeness (QED) is 0.809. The summed E-state index contributed by atoms with van der Waals surface area (Å²) in [5, 5.41) is 0.569. The van der Waals surface area contributed by atoms with Crippen molar-refractivity contribution in [3.05, 3.63) is 22.2 Å². The Morgan fingerprint density at radius 2 is 1.94 bits per heavy atom. The number of hydrogen-bond acceptors (Lipinski definition) is 4. The van der Waals surface area contributed by atoms with Crippen molar-refractivity contribution >= 4 is 11.6 Å². The Hall–Kier alpha value is -0.970. The average molecular weight is 246 g/mol. The summed E-state index contributed by atoms with van der Waals surface area (Å²) in [5.74, 6) is 6.38. The molecule has 5 heteroatoms. The first-order valence-electron chi connectivity index (χ1n) is 4.93. The molecule has 0 spiro atoms. The summed E-state index contributed by atoms with van der Waals surface area (Å²) in [5.41, 5.74) is 1.79. The van der Waals surface area contributed by atoms with E-state index in [9.17, 15) is 0 Å². The second-order valence-electron chi connectivity index (χ2n) is 3.22. The first-order chi connectivity index (χ1) is 7.69. The van der Waals surface area contributed by atoms with Crippen molar-refractivity contribution in [1.82, 2.24) is 0 Å². The zero-order chi connectivity index (χ0) is 12.1. The lowest BCUT2D eigenvalue weighted by atomic mass is 10.0. The monoisotopic (exact) mass is 245 g/mol. The zero-order valence-electron chi connectivity index (χ0n) is 9.67. The van der Waals surface area contributed by atoms with Crippen molar-refractivity contribution in [2.24, 2.45) is 5.90 Å². The average Bonchev–Trinajstić information content (AvgIpc) is 2.30. The molecule has 0 radical (unpaired) electrons. The highest BCUT2D eigenvalue weighted by molar-refractivity contribution is 6.31. The Kier molecular flexibility index (Phi) is 4.86. The lowest BCUT2D eigenvalue weighted by molar-refractivity contribution is 0.123. The zero-order valence-corrected chi connectivity index (χ0v) is 10.4. The summed E-state index contributed by atoms with van der Waals surface area (Å²) in [4.78, 5) is 4.64. The summed E-state index contributed by atoms with van der Waals surface area (Å²) >= 11 is 6.13. The number of nitrogens with two attached hydrogens (primary N) is 1. The summed E-state index contributed by atoms with van der Waals surface area (Å²) in [6, 6.07) is 1.70. The molecular formula is C11H16ClNO3. The minimum absolute atomic E-state index is 0.252. The largest absolute Gasteiger partial charge is 0.493 e. The van der Waals surface area contributed by atoms with Crippen LogP contribution in [0.2, 0.25) is 5.02 Å². The van der Waals surface area contributed by atoms with Crippen LogP contribution in [0.4, 0.5) is 0 Å². The first kappa shape index (κ1) is 13.1. The highest BCUT2D eigenvalue weighted by Gasteiger charge is 2.17. The van der Waals surface area contributed by atoms with E-state index in [0.29, 0.717) is 16.5 Å².